The van der Waals surface area contributed by atoms with Crippen molar-refractivity contribution in [2.75, 3.05) is 26.2 Å². The monoisotopic (exact) mass is 1070 g/mol. The Morgan fingerprint density at radius 3 is 1.56 bits per heavy atom. The van der Waals surface area contributed by atoms with Crippen LogP contribution in [-0.4, -0.2) is 70.5 Å². The number of carbonyl (C=O) groups is 2. The van der Waals surface area contributed by atoms with Gasteiger partial charge in [0, 0.05) is 84.5 Å². The van der Waals surface area contributed by atoms with Crippen molar-refractivity contribution in [2.45, 2.75) is 234 Å². The standard InChI is InChI=1S/C65H110N6O6/c1-12-14-22-30-55(46-69-48(5)6)40-52(29-24-18-16-17-21-26-37-66-47(3)4)45-62(74)67-38-35-53-41-58(63(75)60(72)43-53)59-42-54(44-61(73)64(59)76)36-39-68-65(77)56(31-25-20-19-23-28-51(11)70-49(7)8)32-27-34-57(33-15-13-2)71-50(9)10/h41-44,51-52,55-57,66,69-73,75-76H,3,5,7,9,12-40,45-46H2,1-2,4,6,8,10-11H3,(H,67,74)(H,68,77). The smallest absolute Gasteiger partial charge is 0.223 e. The fourth-order valence-corrected chi connectivity index (χ4v) is 10.6. The second kappa shape index (κ2) is 40.0. The van der Waals surface area contributed by atoms with Crippen molar-refractivity contribution in [1.29, 1.82) is 0 Å². The van der Waals surface area contributed by atoms with Crippen molar-refractivity contribution >= 4 is 11.8 Å². The van der Waals surface area contributed by atoms with Gasteiger partial charge in [0.2, 0.25) is 11.8 Å². The maximum Gasteiger partial charge on any atom is 0.223 e. The van der Waals surface area contributed by atoms with Crippen molar-refractivity contribution in [3.8, 4) is 34.1 Å². The number of benzene rings is 2. The molecule has 0 aliphatic rings. The van der Waals surface area contributed by atoms with Crippen molar-refractivity contribution in [3.05, 3.63) is 84.5 Å². The second-order valence-electron chi connectivity index (χ2n) is 22.8. The Kier molecular flexibility index (Phi) is 35.2. The molecule has 5 unspecified atom stereocenters. The quantitative estimate of drug-likeness (QED) is 0.0226. The zero-order valence-electron chi connectivity index (χ0n) is 49.6. The van der Waals surface area contributed by atoms with Crippen LogP contribution in [0.5, 0.6) is 23.0 Å². The molecule has 0 radical (unpaired) electrons. The minimum atomic E-state index is -0.425. The lowest BCUT2D eigenvalue weighted by atomic mass is 9.85. The summed E-state index contributed by atoms with van der Waals surface area (Å²) in [7, 11) is 0. The molecule has 10 N–H and O–H groups in total. The summed E-state index contributed by atoms with van der Waals surface area (Å²) in [4.78, 5) is 27.5. The van der Waals surface area contributed by atoms with Crippen LogP contribution in [0.4, 0.5) is 0 Å². The molecule has 2 aromatic carbocycles. The van der Waals surface area contributed by atoms with E-state index >= 15 is 0 Å². The van der Waals surface area contributed by atoms with Gasteiger partial charge in [0.15, 0.2) is 23.0 Å². The molecule has 436 valence electrons. The zero-order chi connectivity index (χ0) is 57.0. The summed E-state index contributed by atoms with van der Waals surface area (Å²) in [5.74, 6) is -0.981. The summed E-state index contributed by atoms with van der Waals surface area (Å²) >= 11 is 0. The normalized spacial score (nSPS) is 13.2. The van der Waals surface area contributed by atoms with E-state index in [1.165, 1.54) is 50.7 Å². The average molecular weight is 1070 g/mol. The molecule has 0 aromatic heterocycles. The molecule has 77 heavy (non-hydrogen) atoms. The van der Waals surface area contributed by atoms with Crippen molar-refractivity contribution < 1.29 is 30.0 Å². The van der Waals surface area contributed by atoms with Gasteiger partial charge in [0.25, 0.3) is 0 Å². The highest BCUT2D eigenvalue weighted by atomic mass is 16.3. The van der Waals surface area contributed by atoms with Crippen LogP contribution in [0, 0.1) is 17.8 Å². The molecule has 0 aliphatic carbocycles. The van der Waals surface area contributed by atoms with Crippen molar-refractivity contribution in [3.63, 3.8) is 0 Å². The number of hydrogen-bond acceptors (Lipinski definition) is 10. The number of hydrogen-bond donors (Lipinski definition) is 10. The number of nitrogens with one attached hydrogen (secondary N) is 6. The fraction of sp³-hybridized carbons (Fsp3) is 0.662. The van der Waals surface area contributed by atoms with Crippen LogP contribution in [0.1, 0.15) is 220 Å². The summed E-state index contributed by atoms with van der Waals surface area (Å²) in [5, 5.41) is 64.3. The first-order valence-corrected chi connectivity index (χ1v) is 30.1. The third-order valence-electron chi connectivity index (χ3n) is 14.8. The minimum Gasteiger partial charge on any atom is -0.504 e. The molecule has 12 heteroatoms. The first-order valence-electron chi connectivity index (χ1n) is 30.1. The number of phenolic OH excluding ortho intramolecular Hbond substituents is 4. The summed E-state index contributed by atoms with van der Waals surface area (Å²) in [6.07, 6.45) is 27.0. The van der Waals surface area contributed by atoms with Crippen LogP contribution in [0.25, 0.3) is 11.1 Å². The Labute approximate surface area is 468 Å². The molecule has 0 bridgehead atoms. The van der Waals surface area contributed by atoms with E-state index in [1.807, 2.05) is 27.7 Å². The SMILES string of the molecule is C=C(C)NCCCCCCCCC(CC(=O)NCCc1cc(O)c(O)c(-c2cc(CCNC(=O)C(CCCCCCC(C)NC(=C)C)CCCC(CCCC)NC(=C)C)cc(O)c2O)c1)CC(CCCCC)CNC(=C)C. The predicted molar refractivity (Wildman–Crippen MR) is 324 cm³/mol. The van der Waals surface area contributed by atoms with Crippen LogP contribution in [0.2, 0.25) is 0 Å². The maximum absolute atomic E-state index is 13.9. The highest BCUT2D eigenvalue weighted by Gasteiger charge is 2.23. The van der Waals surface area contributed by atoms with E-state index in [0.29, 0.717) is 61.5 Å². The topological polar surface area (TPSA) is 187 Å². The lowest BCUT2D eigenvalue weighted by Crippen LogP contribution is -2.33. The Morgan fingerprint density at radius 1 is 0.494 bits per heavy atom. The van der Waals surface area contributed by atoms with Gasteiger partial charge in [-0.1, -0.05) is 136 Å². The van der Waals surface area contributed by atoms with Crippen LogP contribution in [0.15, 0.2) is 73.4 Å². The summed E-state index contributed by atoms with van der Waals surface area (Å²) in [5.41, 5.74) is 5.53. The van der Waals surface area contributed by atoms with Gasteiger partial charge in [-0.2, -0.15) is 0 Å². The van der Waals surface area contributed by atoms with E-state index in [4.69, 9.17) is 0 Å². The van der Waals surface area contributed by atoms with Crippen LogP contribution in [-0.2, 0) is 22.4 Å². The average Bonchev–Trinajstić information content (AvgIpc) is 3.36. The first kappa shape index (κ1) is 67.8. The van der Waals surface area contributed by atoms with Gasteiger partial charge in [-0.3, -0.25) is 9.59 Å². The molecule has 5 atom stereocenters. The molecule has 0 heterocycles. The van der Waals surface area contributed by atoms with E-state index in [1.54, 1.807) is 12.1 Å². The lowest BCUT2D eigenvalue weighted by molar-refractivity contribution is -0.125. The molecule has 0 saturated carbocycles. The van der Waals surface area contributed by atoms with Crippen LogP contribution in [0.3, 0.4) is 0 Å². The van der Waals surface area contributed by atoms with Gasteiger partial charge in [-0.15, -0.1) is 0 Å². The van der Waals surface area contributed by atoms with Gasteiger partial charge in [-0.05, 0) is 152 Å². The number of amides is 2. The molecule has 0 spiro atoms. The molecule has 0 fully saturated rings. The van der Waals surface area contributed by atoms with Gasteiger partial charge in [-0.25, -0.2) is 0 Å². The predicted octanol–water partition coefficient (Wildman–Crippen LogP) is 14.4. The van der Waals surface area contributed by atoms with E-state index in [-0.39, 0.29) is 46.3 Å². The van der Waals surface area contributed by atoms with Gasteiger partial charge >= 0.3 is 0 Å². The lowest BCUT2D eigenvalue weighted by Gasteiger charge is -2.24. The number of unbranched alkanes of at least 4 members (excludes halogenated alkanes) is 11. The first-order chi connectivity index (χ1) is 36.8. The Hall–Kier alpha value is -5.26. The highest BCUT2D eigenvalue weighted by molar-refractivity contribution is 5.81. The van der Waals surface area contributed by atoms with E-state index in [9.17, 15) is 30.0 Å². The number of allylic oxidation sites excluding steroid dienone is 4. The van der Waals surface area contributed by atoms with Gasteiger partial charge < -0.3 is 52.3 Å². The zero-order valence-corrected chi connectivity index (χ0v) is 49.6. The van der Waals surface area contributed by atoms with Crippen molar-refractivity contribution in [1.82, 2.24) is 31.9 Å². The number of aromatic hydroxyl groups is 4. The van der Waals surface area contributed by atoms with Crippen LogP contribution >= 0.6 is 0 Å². The third kappa shape index (κ3) is 31.1. The third-order valence-corrected chi connectivity index (χ3v) is 14.8. The summed E-state index contributed by atoms with van der Waals surface area (Å²) < 4.78 is 0. The van der Waals surface area contributed by atoms with Crippen molar-refractivity contribution in [2.24, 2.45) is 17.8 Å². The van der Waals surface area contributed by atoms with E-state index in [2.05, 4.69) is 79.0 Å². The van der Waals surface area contributed by atoms with Gasteiger partial charge in [0.1, 0.15) is 0 Å². The molecule has 12 nitrogen and oxygen atoms in total. The minimum absolute atomic E-state index is 0.00257. The fourth-order valence-electron chi connectivity index (χ4n) is 10.6. The summed E-state index contributed by atoms with van der Waals surface area (Å²) in [6, 6.07) is 7.04. The highest BCUT2D eigenvalue weighted by Crippen LogP contribution is 2.45. The molecule has 0 saturated heterocycles. The number of carbonyl (C=O) groups excluding carboxylic acids is 2. The Balaban J connectivity index is 2.15. The summed E-state index contributed by atoms with van der Waals surface area (Å²) in [6.45, 7) is 33.1. The molecular formula is C65H110N6O6. The molecule has 0 aliphatic heterocycles. The molecule has 2 rings (SSSR count). The Morgan fingerprint density at radius 2 is 0.987 bits per heavy atom. The molecule has 2 amide bonds. The van der Waals surface area contributed by atoms with Crippen LogP contribution < -0.4 is 31.9 Å². The Bertz CT molecular complexity index is 2050. The molecule has 2 aromatic rings. The maximum atomic E-state index is 13.9. The number of rotatable bonds is 47. The van der Waals surface area contributed by atoms with Gasteiger partial charge in [0.05, 0.1) is 0 Å². The van der Waals surface area contributed by atoms with E-state index < -0.39 is 11.5 Å². The molecular weight excluding hydrogens is 961 g/mol. The largest absolute Gasteiger partial charge is 0.504 e. The van der Waals surface area contributed by atoms with E-state index in [0.717, 1.165) is 151 Å². The number of phenols is 4. The second-order valence-corrected chi connectivity index (χ2v) is 22.8.